The van der Waals surface area contributed by atoms with Crippen molar-refractivity contribution in [2.75, 3.05) is 17.6 Å². The number of benzene rings is 1. The van der Waals surface area contributed by atoms with Crippen LogP contribution in [0.15, 0.2) is 18.2 Å². The zero-order chi connectivity index (χ0) is 12.3. The highest BCUT2D eigenvalue weighted by Crippen LogP contribution is 2.24. The van der Waals surface area contributed by atoms with Gasteiger partial charge in [-0.25, -0.2) is 8.42 Å². The van der Waals surface area contributed by atoms with Gasteiger partial charge in [-0.3, -0.25) is 4.31 Å². The molecular weight excluding hydrogens is 222 g/mol. The summed E-state index contributed by atoms with van der Waals surface area (Å²) in [5, 5.41) is 0. The monoisotopic (exact) mass is 241 g/mol. The first kappa shape index (κ1) is 13.0. The second-order valence-corrected chi connectivity index (χ2v) is 5.91. The molecule has 0 amide bonds. The van der Waals surface area contributed by atoms with Gasteiger partial charge in [-0.1, -0.05) is 26.0 Å². The lowest BCUT2D eigenvalue weighted by atomic mass is 10.1. The number of sulfonamides is 1. The molecule has 0 fully saturated rings. The minimum Gasteiger partial charge on any atom is -0.273 e. The fourth-order valence-corrected chi connectivity index (χ4v) is 2.13. The van der Waals surface area contributed by atoms with Crippen molar-refractivity contribution in [3.05, 3.63) is 29.3 Å². The van der Waals surface area contributed by atoms with Crippen molar-refractivity contribution in [1.29, 1.82) is 0 Å². The Labute approximate surface area is 98.1 Å². The van der Waals surface area contributed by atoms with Gasteiger partial charge < -0.3 is 0 Å². The summed E-state index contributed by atoms with van der Waals surface area (Å²) in [6, 6.07) is 6.02. The molecule has 0 heterocycles. The predicted molar refractivity (Wildman–Crippen MR) is 68.4 cm³/mol. The molecule has 0 aliphatic carbocycles. The molecule has 90 valence electrons. The van der Waals surface area contributed by atoms with Gasteiger partial charge in [0.25, 0.3) is 0 Å². The van der Waals surface area contributed by atoms with Crippen molar-refractivity contribution in [2.45, 2.75) is 26.7 Å². The van der Waals surface area contributed by atoms with E-state index < -0.39 is 10.0 Å². The van der Waals surface area contributed by atoms with E-state index in [1.807, 2.05) is 19.1 Å². The Morgan fingerprint density at radius 3 is 2.25 bits per heavy atom. The van der Waals surface area contributed by atoms with Gasteiger partial charge >= 0.3 is 0 Å². The van der Waals surface area contributed by atoms with E-state index in [1.54, 1.807) is 7.05 Å². The van der Waals surface area contributed by atoms with Crippen LogP contribution in [0.3, 0.4) is 0 Å². The van der Waals surface area contributed by atoms with Crippen LogP contribution in [0, 0.1) is 0 Å². The van der Waals surface area contributed by atoms with Crippen LogP contribution in [0.5, 0.6) is 0 Å². The molecule has 0 N–H and O–H groups in total. The molecule has 16 heavy (non-hydrogen) atoms. The molecule has 1 aromatic rings. The lowest BCUT2D eigenvalue weighted by molar-refractivity contribution is 0.600. The first-order valence-electron chi connectivity index (χ1n) is 5.45. The highest BCUT2D eigenvalue weighted by atomic mass is 32.2. The maximum atomic E-state index is 11.5. The van der Waals surface area contributed by atoms with E-state index in [2.05, 4.69) is 13.0 Å². The van der Waals surface area contributed by atoms with Gasteiger partial charge in [0.15, 0.2) is 0 Å². The van der Waals surface area contributed by atoms with Gasteiger partial charge in [0.2, 0.25) is 10.0 Å². The van der Waals surface area contributed by atoms with Gasteiger partial charge in [0.1, 0.15) is 0 Å². The van der Waals surface area contributed by atoms with E-state index in [4.69, 9.17) is 0 Å². The molecule has 0 saturated heterocycles. The van der Waals surface area contributed by atoms with E-state index in [0.29, 0.717) is 0 Å². The Hall–Kier alpha value is -1.03. The Morgan fingerprint density at radius 1 is 1.19 bits per heavy atom. The molecule has 0 aliphatic heterocycles. The van der Waals surface area contributed by atoms with E-state index >= 15 is 0 Å². The van der Waals surface area contributed by atoms with Crippen molar-refractivity contribution >= 4 is 15.7 Å². The number of aryl methyl sites for hydroxylation is 2. The van der Waals surface area contributed by atoms with Crippen molar-refractivity contribution in [3.63, 3.8) is 0 Å². The molecule has 1 rings (SSSR count). The number of nitrogens with zero attached hydrogens (tertiary/aromatic N) is 1. The number of anilines is 1. The molecule has 0 aliphatic rings. The van der Waals surface area contributed by atoms with Crippen LogP contribution in [-0.4, -0.2) is 21.7 Å². The third-order valence-corrected chi connectivity index (χ3v) is 3.97. The van der Waals surface area contributed by atoms with Gasteiger partial charge in [-0.15, -0.1) is 0 Å². The first-order valence-corrected chi connectivity index (χ1v) is 7.30. The summed E-state index contributed by atoms with van der Waals surface area (Å²) in [5.74, 6) is 0. The topological polar surface area (TPSA) is 37.4 Å². The van der Waals surface area contributed by atoms with Crippen LogP contribution in [0.4, 0.5) is 5.69 Å². The number of rotatable bonds is 4. The van der Waals surface area contributed by atoms with Gasteiger partial charge in [0, 0.05) is 7.05 Å². The van der Waals surface area contributed by atoms with Crippen LogP contribution < -0.4 is 4.31 Å². The van der Waals surface area contributed by atoms with E-state index in [1.165, 1.54) is 10.6 Å². The summed E-state index contributed by atoms with van der Waals surface area (Å²) in [7, 11) is -1.58. The molecule has 0 unspecified atom stereocenters. The first-order chi connectivity index (χ1) is 7.40. The van der Waals surface area contributed by atoms with E-state index in [-0.39, 0.29) is 0 Å². The minimum atomic E-state index is -3.18. The summed E-state index contributed by atoms with van der Waals surface area (Å²) in [4.78, 5) is 0. The maximum absolute atomic E-state index is 11.5. The second-order valence-electron chi connectivity index (χ2n) is 3.90. The quantitative estimate of drug-likeness (QED) is 0.810. The third kappa shape index (κ3) is 2.76. The van der Waals surface area contributed by atoms with Crippen LogP contribution in [0.1, 0.15) is 25.0 Å². The minimum absolute atomic E-state index is 0.796. The Morgan fingerprint density at radius 2 is 1.81 bits per heavy atom. The Balaban J connectivity index is 3.29. The highest BCUT2D eigenvalue weighted by molar-refractivity contribution is 7.92. The summed E-state index contributed by atoms with van der Waals surface area (Å²) >= 11 is 0. The molecule has 0 saturated carbocycles. The van der Waals surface area contributed by atoms with Crippen LogP contribution in [0.25, 0.3) is 0 Å². The summed E-state index contributed by atoms with van der Waals surface area (Å²) in [6.45, 7) is 4.09. The molecular formula is C12H19NO2S. The summed E-state index contributed by atoms with van der Waals surface area (Å²) in [5.41, 5.74) is 3.01. The molecule has 0 atom stereocenters. The van der Waals surface area contributed by atoms with Crippen molar-refractivity contribution in [1.82, 2.24) is 0 Å². The zero-order valence-electron chi connectivity index (χ0n) is 10.3. The van der Waals surface area contributed by atoms with Crippen LogP contribution >= 0.6 is 0 Å². The summed E-state index contributed by atoms with van der Waals surface area (Å²) < 4.78 is 24.4. The standard InChI is InChI=1S/C12H19NO2S/c1-5-10-7-8-11(6-2)12(9-10)13(3)16(4,14)15/h7-9H,5-6H2,1-4H3. The second kappa shape index (κ2) is 4.87. The predicted octanol–water partition coefficient (Wildman–Crippen LogP) is 2.21. The Kier molecular flexibility index (Phi) is 3.97. The maximum Gasteiger partial charge on any atom is 0.232 e. The van der Waals surface area contributed by atoms with E-state index in [0.717, 1.165) is 29.7 Å². The molecule has 1 aromatic carbocycles. The van der Waals surface area contributed by atoms with Crippen molar-refractivity contribution in [2.24, 2.45) is 0 Å². The number of hydrogen-bond acceptors (Lipinski definition) is 2. The molecule has 0 bridgehead atoms. The smallest absolute Gasteiger partial charge is 0.232 e. The average Bonchev–Trinajstić information content (AvgIpc) is 2.25. The van der Waals surface area contributed by atoms with Gasteiger partial charge in [0.05, 0.1) is 11.9 Å². The Bertz CT molecular complexity index is 466. The highest BCUT2D eigenvalue weighted by Gasteiger charge is 2.15. The zero-order valence-corrected chi connectivity index (χ0v) is 11.1. The van der Waals surface area contributed by atoms with Crippen molar-refractivity contribution in [3.8, 4) is 0 Å². The largest absolute Gasteiger partial charge is 0.273 e. The normalized spacial score (nSPS) is 11.5. The average molecular weight is 241 g/mol. The van der Waals surface area contributed by atoms with Crippen LogP contribution in [0.2, 0.25) is 0 Å². The SMILES string of the molecule is CCc1ccc(CC)c(N(C)S(C)(=O)=O)c1. The molecule has 0 radical (unpaired) electrons. The summed E-state index contributed by atoms with van der Waals surface area (Å²) in [6.07, 6.45) is 2.97. The lowest BCUT2D eigenvalue weighted by Gasteiger charge is -2.20. The molecule has 4 heteroatoms. The third-order valence-electron chi connectivity index (χ3n) is 2.78. The lowest BCUT2D eigenvalue weighted by Crippen LogP contribution is -2.26. The molecule has 0 aromatic heterocycles. The molecule has 0 spiro atoms. The van der Waals surface area contributed by atoms with E-state index in [9.17, 15) is 8.42 Å². The van der Waals surface area contributed by atoms with Crippen LogP contribution in [-0.2, 0) is 22.9 Å². The fourth-order valence-electron chi connectivity index (χ4n) is 1.60. The number of hydrogen-bond donors (Lipinski definition) is 0. The van der Waals surface area contributed by atoms with Gasteiger partial charge in [-0.2, -0.15) is 0 Å². The van der Waals surface area contributed by atoms with Gasteiger partial charge in [-0.05, 0) is 30.0 Å². The molecule has 3 nitrogen and oxygen atoms in total. The fraction of sp³-hybridized carbons (Fsp3) is 0.500. The van der Waals surface area contributed by atoms with Crippen molar-refractivity contribution < 1.29 is 8.42 Å².